The van der Waals surface area contributed by atoms with Gasteiger partial charge in [0.15, 0.2) is 11.5 Å². The minimum absolute atomic E-state index is 0.579. The second-order valence-corrected chi connectivity index (χ2v) is 5.16. The fourth-order valence-corrected chi connectivity index (χ4v) is 2.55. The van der Waals surface area contributed by atoms with Gasteiger partial charge in [0.1, 0.15) is 11.3 Å². The first-order chi connectivity index (χ1) is 10.7. The summed E-state index contributed by atoms with van der Waals surface area (Å²) < 4.78 is 11.2. The average molecular weight is 317 g/mol. The number of aromatic nitrogens is 2. The number of H-pyrrole nitrogens is 1. The van der Waals surface area contributed by atoms with Gasteiger partial charge < -0.3 is 14.5 Å². The number of nitrogens with one attached hydrogen (secondary N) is 1. The predicted octanol–water partition coefficient (Wildman–Crippen LogP) is 4.68. The van der Waals surface area contributed by atoms with E-state index in [4.69, 9.17) is 21.1 Å². The highest BCUT2D eigenvalue weighted by atomic mass is 35.5. The van der Waals surface area contributed by atoms with Gasteiger partial charge in [0.25, 0.3) is 0 Å². The minimum atomic E-state index is 0.579. The Bertz CT molecular complexity index is 798. The molecule has 0 radical (unpaired) electrons. The third-order valence-electron chi connectivity index (χ3n) is 3.28. The summed E-state index contributed by atoms with van der Waals surface area (Å²) in [6.45, 7) is 5.07. The molecule has 0 saturated heterocycles. The van der Waals surface area contributed by atoms with Crippen LogP contribution in [-0.2, 0) is 0 Å². The number of fused-ring (bicyclic) bond motifs is 1. The summed E-state index contributed by atoms with van der Waals surface area (Å²) in [7, 11) is 0. The van der Waals surface area contributed by atoms with Crippen molar-refractivity contribution in [1.82, 2.24) is 9.97 Å². The molecule has 4 nitrogen and oxygen atoms in total. The Kier molecular flexibility index (Phi) is 4.20. The first-order valence-corrected chi connectivity index (χ1v) is 7.65. The van der Waals surface area contributed by atoms with Crippen molar-refractivity contribution in [2.45, 2.75) is 13.8 Å². The van der Waals surface area contributed by atoms with E-state index in [-0.39, 0.29) is 0 Å². The molecule has 0 amide bonds. The summed E-state index contributed by atoms with van der Waals surface area (Å²) in [6, 6.07) is 11.5. The van der Waals surface area contributed by atoms with Crippen LogP contribution in [0.15, 0.2) is 36.4 Å². The van der Waals surface area contributed by atoms with E-state index in [2.05, 4.69) is 9.97 Å². The number of aromatic amines is 1. The van der Waals surface area contributed by atoms with Gasteiger partial charge in [0.05, 0.1) is 23.8 Å². The van der Waals surface area contributed by atoms with Gasteiger partial charge in [0, 0.05) is 5.56 Å². The number of ether oxygens (including phenoxy) is 2. The molecule has 2 aromatic carbocycles. The van der Waals surface area contributed by atoms with Crippen LogP contribution in [0.5, 0.6) is 11.5 Å². The lowest BCUT2D eigenvalue weighted by molar-refractivity contribution is 0.288. The van der Waals surface area contributed by atoms with Gasteiger partial charge in [-0.2, -0.15) is 0 Å². The highest BCUT2D eigenvalue weighted by Gasteiger charge is 2.11. The number of imidazole rings is 1. The van der Waals surface area contributed by atoms with Crippen LogP contribution >= 0.6 is 11.6 Å². The van der Waals surface area contributed by atoms with Crippen LogP contribution in [0.25, 0.3) is 22.4 Å². The van der Waals surface area contributed by atoms with Crippen LogP contribution in [0, 0.1) is 0 Å². The van der Waals surface area contributed by atoms with Gasteiger partial charge in [-0.25, -0.2) is 4.98 Å². The lowest BCUT2D eigenvalue weighted by Gasteiger charge is -2.11. The molecule has 22 heavy (non-hydrogen) atoms. The summed E-state index contributed by atoms with van der Waals surface area (Å²) in [5.41, 5.74) is 2.61. The zero-order chi connectivity index (χ0) is 15.5. The second kappa shape index (κ2) is 6.28. The van der Waals surface area contributed by atoms with Crippen molar-refractivity contribution in [3.05, 3.63) is 41.4 Å². The maximum absolute atomic E-state index is 6.18. The molecule has 0 spiro atoms. The first-order valence-electron chi connectivity index (χ1n) is 7.27. The molecule has 0 unspecified atom stereocenters. The normalized spacial score (nSPS) is 10.9. The van der Waals surface area contributed by atoms with E-state index >= 15 is 0 Å². The monoisotopic (exact) mass is 316 g/mol. The number of hydrogen-bond donors (Lipinski definition) is 1. The highest BCUT2D eigenvalue weighted by Crippen LogP contribution is 2.33. The summed E-state index contributed by atoms with van der Waals surface area (Å²) in [4.78, 5) is 7.86. The molecule has 1 N–H and O–H groups in total. The third kappa shape index (κ3) is 2.74. The van der Waals surface area contributed by atoms with Crippen molar-refractivity contribution in [3.63, 3.8) is 0 Å². The molecule has 0 aliphatic carbocycles. The smallest absolute Gasteiger partial charge is 0.161 e. The summed E-state index contributed by atoms with van der Waals surface area (Å²) >= 11 is 6.18. The first kappa shape index (κ1) is 14.7. The lowest BCUT2D eigenvalue weighted by Crippen LogP contribution is -1.98. The van der Waals surface area contributed by atoms with Crippen LogP contribution in [0.2, 0.25) is 5.02 Å². The van der Waals surface area contributed by atoms with Crippen LogP contribution in [0.4, 0.5) is 0 Å². The van der Waals surface area contributed by atoms with E-state index in [1.165, 1.54) is 0 Å². The molecular formula is C17H17ClN2O2. The molecule has 114 valence electrons. The number of para-hydroxylation sites is 1. The van der Waals surface area contributed by atoms with Gasteiger partial charge in [-0.15, -0.1) is 0 Å². The zero-order valence-electron chi connectivity index (χ0n) is 12.5. The molecule has 0 aliphatic heterocycles. The molecule has 0 fully saturated rings. The molecule has 0 saturated carbocycles. The fraction of sp³-hybridized carbons (Fsp3) is 0.235. The van der Waals surface area contributed by atoms with Gasteiger partial charge in [0.2, 0.25) is 0 Å². The number of benzene rings is 2. The van der Waals surface area contributed by atoms with Crippen molar-refractivity contribution >= 4 is 22.6 Å². The Morgan fingerprint density at radius 2 is 1.82 bits per heavy atom. The lowest BCUT2D eigenvalue weighted by atomic mass is 10.2. The largest absolute Gasteiger partial charge is 0.490 e. The molecule has 3 rings (SSSR count). The minimum Gasteiger partial charge on any atom is -0.490 e. The summed E-state index contributed by atoms with van der Waals surface area (Å²) in [5, 5.41) is 0.635. The maximum atomic E-state index is 6.18. The second-order valence-electron chi connectivity index (χ2n) is 4.75. The highest BCUT2D eigenvalue weighted by molar-refractivity contribution is 6.35. The van der Waals surface area contributed by atoms with E-state index < -0.39 is 0 Å². The number of halogens is 1. The Labute approximate surface area is 134 Å². The topological polar surface area (TPSA) is 47.1 Å². The number of hydrogen-bond acceptors (Lipinski definition) is 3. The zero-order valence-corrected chi connectivity index (χ0v) is 13.3. The Morgan fingerprint density at radius 1 is 1.05 bits per heavy atom. The molecule has 0 bridgehead atoms. The van der Waals surface area contributed by atoms with Gasteiger partial charge in [-0.3, -0.25) is 0 Å². The molecular weight excluding hydrogens is 300 g/mol. The Balaban J connectivity index is 2.05. The predicted molar refractivity (Wildman–Crippen MR) is 88.9 cm³/mol. The van der Waals surface area contributed by atoms with Crippen molar-refractivity contribution in [2.75, 3.05) is 13.2 Å². The average Bonchev–Trinajstić information content (AvgIpc) is 2.95. The molecule has 1 aromatic heterocycles. The van der Waals surface area contributed by atoms with E-state index in [1.54, 1.807) is 0 Å². The molecule has 5 heteroatoms. The summed E-state index contributed by atoms with van der Waals surface area (Å²) in [5.74, 6) is 2.21. The number of nitrogens with zero attached hydrogens (tertiary/aromatic N) is 1. The molecule has 0 aliphatic rings. The molecule has 1 heterocycles. The van der Waals surface area contributed by atoms with E-state index in [0.717, 1.165) is 28.2 Å². The Hall–Kier alpha value is -2.20. The van der Waals surface area contributed by atoms with Gasteiger partial charge >= 0.3 is 0 Å². The van der Waals surface area contributed by atoms with Crippen molar-refractivity contribution in [2.24, 2.45) is 0 Å². The van der Waals surface area contributed by atoms with Crippen molar-refractivity contribution in [1.29, 1.82) is 0 Å². The Morgan fingerprint density at radius 3 is 2.55 bits per heavy atom. The van der Waals surface area contributed by atoms with Crippen LogP contribution in [0.1, 0.15) is 13.8 Å². The van der Waals surface area contributed by atoms with Crippen LogP contribution < -0.4 is 9.47 Å². The molecule has 3 aromatic rings. The van der Waals surface area contributed by atoms with Gasteiger partial charge in [-0.1, -0.05) is 17.7 Å². The third-order valence-corrected chi connectivity index (χ3v) is 3.59. The fourth-order valence-electron chi connectivity index (χ4n) is 2.33. The van der Waals surface area contributed by atoms with Crippen LogP contribution in [-0.4, -0.2) is 23.2 Å². The summed E-state index contributed by atoms with van der Waals surface area (Å²) in [6.07, 6.45) is 0. The van der Waals surface area contributed by atoms with E-state index in [0.29, 0.717) is 24.0 Å². The SMILES string of the molecule is CCOc1ccc(-c2nc3c(Cl)cccc3[nH]2)cc1OCC. The maximum Gasteiger partial charge on any atom is 0.161 e. The van der Waals surface area contributed by atoms with Crippen LogP contribution in [0.3, 0.4) is 0 Å². The van der Waals surface area contributed by atoms with E-state index in [1.807, 2.05) is 50.2 Å². The molecule has 0 atom stereocenters. The van der Waals surface area contributed by atoms with Gasteiger partial charge in [-0.05, 0) is 44.2 Å². The van der Waals surface area contributed by atoms with E-state index in [9.17, 15) is 0 Å². The van der Waals surface area contributed by atoms with Crippen molar-refractivity contribution < 1.29 is 9.47 Å². The quantitative estimate of drug-likeness (QED) is 0.743. The number of rotatable bonds is 5. The van der Waals surface area contributed by atoms with Crippen molar-refractivity contribution in [3.8, 4) is 22.9 Å². The standard InChI is InChI=1S/C17H17ClN2O2/c1-3-21-14-9-8-11(10-15(14)22-4-2)17-19-13-7-5-6-12(18)16(13)20-17/h5-10H,3-4H2,1-2H3,(H,19,20).